The van der Waals surface area contributed by atoms with Gasteiger partial charge >= 0.3 is 0 Å². The maximum absolute atomic E-state index is 12.8. The lowest BCUT2D eigenvalue weighted by Gasteiger charge is -2.01. The summed E-state index contributed by atoms with van der Waals surface area (Å²) in [5.74, 6) is 0.275. The van der Waals surface area contributed by atoms with Crippen molar-refractivity contribution in [3.63, 3.8) is 0 Å². The lowest BCUT2D eigenvalue weighted by molar-refractivity contribution is 0.619. The molecule has 0 aliphatic heterocycles. The Bertz CT molecular complexity index is 518. The Kier molecular flexibility index (Phi) is 2.44. The molecule has 1 aliphatic carbocycles. The quantitative estimate of drug-likeness (QED) is 0.880. The molecule has 1 heterocycles. The second-order valence-electron chi connectivity index (χ2n) is 4.49. The maximum atomic E-state index is 12.8. The molecule has 1 aromatic carbocycles. The molecule has 2 atom stereocenters. The van der Waals surface area contributed by atoms with Crippen molar-refractivity contribution in [1.82, 2.24) is 9.78 Å². The van der Waals surface area contributed by atoms with Crippen molar-refractivity contribution in [2.75, 3.05) is 0 Å². The van der Waals surface area contributed by atoms with Crippen LogP contribution in [0, 0.1) is 5.82 Å². The van der Waals surface area contributed by atoms with Crippen molar-refractivity contribution >= 4 is 0 Å². The highest BCUT2D eigenvalue weighted by Crippen LogP contribution is 2.50. The molecule has 1 aliphatic rings. The van der Waals surface area contributed by atoms with E-state index in [9.17, 15) is 4.39 Å². The van der Waals surface area contributed by atoms with Crippen molar-refractivity contribution < 1.29 is 4.39 Å². The van der Waals surface area contributed by atoms with E-state index in [0.717, 1.165) is 12.0 Å². The van der Waals surface area contributed by atoms with E-state index in [1.54, 1.807) is 6.20 Å². The highest BCUT2D eigenvalue weighted by atomic mass is 19.1. The third kappa shape index (κ3) is 1.96. The number of aromatic nitrogens is 2. The van der Waals surface area contributed by atoms with E-state index in [4.69, 9.17) is 5.73 Å². The Morgan fingerprint density at radius 3 is 2.76 bits per heavy atom. The van der Waals surface area contributed by atoms with Gasteiger partial charge in [-0.3, -0.25) is 4.68 Å². The molecular formula is C13H14FN3. The summed E-state index contributed by atoms with van der Waals surface area (Å²) in [7, 11) is 0. The molecule has 4 heteroatoms. The van der Waals surface area contributed by atoms with Gasteiger partial charge in [-0.1, -0.05) is 12.1 Å². The van der Waals surface area contributed by atoms with Gasteiger partial charge in [-0.05, 0) is 24.1 Å². The van der Waals surface area contributed by atoms with E-state index in [1.807, 2.05) is 23.0 Å². The summed E-state index contributed by atoms with van der Waals surface area (Å²) >= 11 is 0. The molecule has 0 radical (unpaired) electrons. The van der Waals surface area contributed by atoms with Gasteiger partial charge in [0.2, 0.25) is 0 Å². The number of halogens is 1. The predicted octanol–water partition coefficient (Wildman–Crippen LogP) is 2.21. The first-order valence-electron chi connectivity index (χ1n) is 5.76. The fourth-order valence-corrected chi connectivity index (χ4v) is 2.21. The van der Waals surface area contributed by atoms with Gasteiger partial charge < -0.3 is 5.73 Å². The molecule has 1 saturated carbocycles. The molecule has 2 aromatic rings. The molecular weight excluding hydrogens is 217 g/mol. The summed E-state index contributed by atoms with van der Waals surface area (Å²) in [6, 6.07) is 7.14. The van der Waals surface area contributed by atoms with Crippen molar-refractivity contribution in [3.05, 3.63) is 53.6 Å². The normalized spacial score (nSPS) is 22.7. The van der Waals surface area contributed by atoms with E-state index in [-0.39, 0.29) is 5.82 Å². The van der Waals surface area contributed by atoms with Crippen molar-refractivity contribution in [1.29, 1.82) is 0 Å². The van der Waals surface area contributed by atoms with Crippen LogP contribution in [0.15, 0.2) is 36.7 Å². The van der Waals surface area contributed by atoms with Gasteiger partial charge in [0.25, 0.3) is 0 Å². The molecule has 17 heavy (non-hydrogen) atoms. The molecule has 0 unspecified atom stereocenters. The van der Waals surface area contributed by atoms with E-state index >= 15 is 0 Å². The zero-order valence-corrected chi connectivity index (χ0v) is 9.38. The van der Waals surface area contributed by atoms with Crippen molar-refractivity contribution in [2.24, 2.45) is 5.73 Å². The Morgan fingerprint density at radius 2 is 2.12 bits per heavy atom. The van der Waals surface area contributed by atoms with Gasteiger partial charge in [0, 0.05) is 24.2 Å². The third-order valence-corrected chi connectivity index (χ3v) is 3.29. The number of nitrogens with two attached hydrogens (primary N) is 1. The minimum atomic E-state index is -0.185. The zero-order chi connectivity index (χ0) is 11.8. The maximum Gasteiger partial charge on any atom is 0.123 e. The van der Waals surface area contributed by atoms with Crippen LogP contribution in [0.25, 0.3) is 0 Å². The van der Waals surface area contributed by atoms with Crippen LogP contribution in [0.5, 0.6) is 0 Å². The summed E-state index contributed by atoms with van der Waals surface area (Å²) in [6.45, 7) is 0.522. The average molecular weight is 231 g/mol. The van der Waals surface area contributed by atoms with E-state index in [0.29, 0.717) is 18.5 Å². The number of benzene rings is 1. The highest BCUT2D eigenvalue weighted by molar-refractivity contribution is 5.27. The third-order valence-electron chi connectivity index (χ3n) is 3.29. The van der Waals surface area contributed by atoms with Gasteiger partial charge in [-0.15, -0.1) is 0 Å². The standard InChI is InChI=1S/C13H14FN3/c14-11-3-1-10(2-4-11)12-5-13(12)17-8-9(6-15)7-16-17/h1-4,7-8,12-13H,5-6,15H2/t12-,13-/m1/s1. The summed E-state index contributed by atoms with van der Waals surface area (Å²) in [5, 5.41) is 4.30. The lowest BCUT2D eigenvalue weighted by atomic mass is 10.1. The second kappa shape index (κ2) is 3.96. The molecule has 1 fully saturated rings. The van der Waals surface area contributed by atoms with Gasteiger partial charge in [-0.25, -0.2) is 4.39 Å². The molecule has 3 nitrogen and oxygen atoms in total. The van der Waals surface area contributed by atoms with E-state index in [1.165, 1.54) is 17.7 Å². The molecule has 0 spiro atoms. The van der Waals surface area contributed by atoms with Crippen LogP contribution < -0.4 is 5.73 Å². The number of rotatable bonds is 3. The molecule has 0 saturated heterocycles. The summed E-state index contributed by atoms with van der Waals surface area (Å²) in [5.41, 5.74) is 7.78. The van der Waals surface area contributed by atoms with E-state index < -0.39 is 0 Å². The minimum Gasteiger partial charge on any atom is -0.326 e. The van der Waals surface area contributed by atoms with Gasteiger partial charge in [-0.2, -0.15) is 5.10 Å². The van der Waals surface area contributed by atoms with Crippen LogP contribution in [0.4, 0.5) is 4.39 Å². The number of hydrogen-bond donors (Lipinski definition) is 1. The first-order valence-corrected chi connectivity index (χ1v) is 5.76. The smallest absolute Gasteiger partial charge is 0.123 e. The summed E-state index contributed by atoms with van der Waals surface area (Å²) in [6.07, 6.45) is 4.87. The summed E-state index contributed by atoms with van der Waals surface area (Å²) < 4.78 is 14.8. The molecule has 88 valence electrons. The topological polar surface area (TPSA) is 43.8 Å². The molecule has 2 N–H and O–H groups in total. The Morgan fingerprint density at radius 1 is 1.35 bits per heavy atom. The first kappa shape index (κ1) is 10.5. The molecule has 0 bridgehead atoms. The van der Waals surface area contributed by atoms with Gasteiger partial charge in [0.1, 0.15) is 5.82 Å². The van der Waals surface area contributed by atoms with Crippen LogP contribution in [0.2, 0.25) is 0 Å². The van der Waals surface area contributed by atoms with Gasteiger partial charge in [0.05, 0.1) is 12.2 Å². The molecule has 0 amide bonds. The average Bonchev–Trinajstić information content (AvgIpc) is 3.00. The first-order chi connectivity index (χ1) is 8.28. The molecule has 1 aromatic heterocycles. The van der Waals surface area contributed by atoms with Crippen LogP contribution in [-0.2, 0) is 6.54 Å². The lowest BCUT2D eigenvalue weighted by Crippen LogP contribution is -1.97. The largest absolute Gasteiger partial charge is 0.326 e. The molecule has 3 rings (SSSR count). The fraction of sp³-hybridized carbons (Fsp3) is 0.308. The SMILES string of the molecule is NCc1cnn([C@@H]2C[C@@H]2c2ccc(F)cc2)c1. The Labute approximate surface area is 99.1 Å². The van der Waals surface area contributed by atoms with Crippen LogP contribution in [0.1, 0.15) is 29.5 Å². The number of hydrogen-bond acceptors (Lipinski definition) is 2. The van der Waals surface area contributed by atoms with Crippen molar-refractivity contribution in [3.8, 4) is 0 Å². The fourth-order valence-electron chi connectivity index (χ4n) is 2.21. The second-order valence-corrected chi connectivity index (χ2v) is 4.49. The van der Waals surface area contributed by atoms with Crippen LogP contribution in [-0.4, -0.2) is 9.78 Å². The van der Waals surface area contributed by atoms with Crippen LogP contribution >= 0.6 is 0 Å². The number of nitrogens with zero attached hydrogens (tertiary/aromatic N) is 2. The van der Waals surface area contributed by atoms with Crippen molar-refractivity contribution in [2.45, 2.75) is 24.9 Å². The van der Waals surface area contributed by atoms with Crippen LogP contribution in [0.3, 0.4) is 0 Å². The minimum absolute atomic E-state index is 0.185. The predicted molar refractivity (Wildman–Crippen MR) is 62.9 cm³/mol. The Balaban J connectivity index is 1.75. The zero-order valence-electron chi connectivity index (χ0n) is 9.38. The highest BCUT2D eigenvalue weighted by Gasteiger charge is 2.40. The van der Waals surface area contributed by atoms with Gasteiger partial charge in [0.15, 0.2) is 0 Å². The Hall–Kier alpha value is -1.68. The monoisotopic (exact) mass is 231 g/mol. The van der Waals surface area contributed by atoms with E-state index in [2.05, 4.69) is 5.10 Å². The summed E-state index contributed by atoms with van der Waals surface area (Å²) in [4.78, 5) is 0.